The third-order valence-electron chi connectivity index (χ3n) is 3.92. The van der Waals surface area contributed by atoms with E-state index in [1.807, 2.05) is 91.0 Å². The van der Waals surface area contributed by atoms with Gasteiger partial charge in [0.05, 0.1) is 10.6 Å². The summed E-state index contributed by atoms with van der Waals surface area (Å²) in [6.45, 7) is 0. The van der Waals surface area contributed by atoms with Gasteiger partial charge in [-0.05, 0) is 29.8 Å². The molecule has 4 rings (SSSR count). The summed E-state index contributed by atoms with van der Waals surface area (Å²) in [5, 5.41) is 1.45. The van der Waals surface area contributed by atoms with Gasteiger partial charge in [0, 0.05) is 5.56 Å². The normalized spacial score (nSPS) is 19.4. The molecule has 112 valence electrons. The molecule has 1 aliphatic heterocycles. The molecular formula is C20H15O2P. The predicted molar refractivity (Wildman–Crippen MR) is 95.1 cm³/mol. The lowest BCUT2D eigenvalue weighted by atomic mass is 10.1. The molecule has 23 heavy (non-hydrogen) atoms. The van der Waals surface area contributed by atoms with Crippen molar-refractivity contribution in [2.45, 2.75) is 0 Å². The molecule has 3 aromatic rings. The van der Waals surface area contributed by atoms with E-state index in [9.17, 15) is 4.57 Å². The summed E-state index contributed by atoms with van der Waals surface area (Å²) in [5.74, 6) is 0.666. The van der Waals surface area contributed by atoms with Crippen LogP contribution in [0.2, 0.25) is 0 Å². The summed E-state index contributed by atoms with van der Waals surface area (Å²) in [5.41, 5.74) is 1.88. The SMILES string of the molecule is O=P1(c2ccccc2)Oc2ccccc2C=C1c1ccccc1. The van der Waals surface area contributed by atoms with E-state index < -0.39 is 7.37 Å². The van der Waals surface area contributed by atoms with E-state index in [4.69, 9.17) is 4.52 Å². The zero-order chi connectivity index (χ0) is 15.7. The van der Waals surface area contributed by atoms with Gasteiger partial charge in [-0.1, -0.05) is 66.7 Å². The number of para-hydroxylation sites is 1. The zero-order valence-corrected chi connectivity index (χ0v) is 13.3. The van der Waals surface area contributed by atoms with Gasteiger partial charge in [-0.2, -0.15) is 0 Å². The highest BCUT2D eigenvalue weighted by Crippen LogP contribution is 2.61. The minimum atomic E-state index is -3.17. The maximum Gasteiger partial charge on any atom is 0.307 e. The van der Waals surface area contributed by atoms with E-state index in [2.05, 4.69) is 0 Å². The second-order valence-corrected chi connectivity index (χ2v) is 7.70. The molecule has 0 aliphatic carbocycles. The molecule has 3 aromatic carbocycles. The van der Waals surface area contributed by atoms with Crippen LogP contribution in [0.5, 0.6) is 5.75 Å². The lowest BCUT2D eigenvalue weighted by Crippen LogP contribution is -2.13. The molecule has 0 bridgehead atoms. The second kappa shape index (κ2) is 5.57. The standard InChI is InChI=1S/C20H15O2P/c21-23(18-12-5-2-6-13-18)20(16-9-3-1-4-10-16)15-17-11-7-8-14-19(17)22-23/h1-15H. The van der Waals surface area contributed by atoms with Crippen LogP contribution in [0.15, 0.2) is 84.9 Å². The monoisotopic (exact) mass is 318 g/mol. The molecule has 0 aromatic heterocycles. The summed E-state index contributed by atoms with van der Waals surface area (Å²) in [6.07, 6.45) is 1.99. The average molecular weight is 318 g/mol. The Hall–Kier alpha value is -2.57. The summed E-state index contributed by atoms with van der Waals surface area (Å²) in [6, 6.07) is 26.9. The number of benzene rings is 3. The molecule has 0 radical (unpaired) electrons. The Bertz CT molecular complexity index is 915. The Labute approximate surface area is 135 Å². The van der Waals surface area contributed by atoms with Gasteiger partial charge in [0.2, 0.25) is 0 Å². The van der Waals surface area contributed by atoms with Crippen LogP contribution in [-0.2, 0) is 4.57 Å². The Balaban J connectivity index is 1.97. The fourth-order valence-electron chi connectivity index (χ4n) is 2.78. The molecule has 1 atom stereocenters. The first-order valence-corrected chi connectivity index (χ1v) is 9.12. The fraction of sp³-hybridized carbons (Fsp3) is 0. The van der Waals surface area contributed by atoms with Gasteiger partial charge in [-0.15, -0.1) is 0 Å². The number of rotatable bonds is 2. The van der Waals surface area contributed by atoms with Gasteiger partial charge in [0.15, 0.2) is 0 Å². The largest absolute Gasteiger partial charge is 0.436 e. The molecule has 1 aliphatic rings. The van der Waals surface area contributed by atoms with E-state index in [-0.39, 0.29) is 0 Å². The molecule has 0 N–H and O–H groups in total. The molecule has 1 unspecified atom stereocenters. The van der Waals surface area contributed by atoms with Crippen molar-refractivity contribution in [3.05, 3.63) is 96.1 Å². The first-order chi connectivity index (χ1) is 11.3. The molecular weight excluding hydrogens is 303 g/mol. The van der Waals surface area contributed by atoms with Gasteiger partial charge in [0.1, 0.15) is 5.75 Å². The van der Waals surface area contributed by atoms with Crippen LogP contribution in [-0.4, -0.2) is 0 Å². The number of fused-ring (bicyclic) bond motifs is 1. The van der Waals surface area contributed by atoms with Crippen LogP contribution in [0.4, 0.5) is 0 Å². The van der Waals surface area contributed by atoms with Crippen LogP contribution < -0.4 is 9.83 Å². The van der Waals surface area contributed by atoms with Crippen molar-refractivity contribution in [1.29, 1.82) is 0 Å². The van der Waals surface area contributed by atoms with Gasteiger partial charge < -0.3 is 4.52 Å². The van der Waals surface area contributed by atoms with Crippen LogP contribution in [0.3, 0.4) is 0 Å². The topological polar surface area (TPSA) is 26.3 Å². The van der Waals surface area contributed by atoms with Crippen LogP contribution in [0, 0.1) is 0 Å². The van der Waals surface area contributed by atoms with E-state index in [1.54, 1.807) is 0 Å². The quantitative estimate of drug-likeness (QED) is 0.609. The van der Waals surface area contributed by atoms with Crippen molar-refractivity contribution >= 4 is 24.1 Å². The highest BCUT2D eigenvalue weighted by molar-refractivity contribution is 7.77. The predicted octanol–water partition coefficient (Wildman–Crippen LogP) is 5.18. The first-order valence-electron chi connectivity index (χ1n) is 7.49. The minimum Gasteiger partial charge on any atom is -0.436 e. The van der Waals surface area contributed by atoms with Gasteiger partial charge in [0.25, 0.3) is 0 Å². The third-order valence-corrected chi connectivity index (χ3v) is 6.37. The zero-order valence-electron chi connectivity index (χ0n) is 12.4. The average Bonchev–Trinajstić information content (AvgIpc) is 2.62. The smallest absolute Gasteiger partial charge is 0.307 e. The third kappa shape index (κ3) is 2.42. The van der Waals surface area contributed by atoms with Gasteiger partial charge >= 0.3 is 7.37 Å². The van der Waals surface area contributed by atoms with Crippen molar-refractivity contribution in [2.75, 3.05) is 0 Å². The van der Waals surface area contributed by atoms with E-state index in [0.717, 1.165) is 16.4 Å². The lowest BCUT2D eigenvalue weighted by Gasteiger charge is -2.27. The van der Waals surface area contributed by atoms with E-state index >= 15 is 0 Å². The Kier molecular flexibility index (Phi) is 3.40. The number of hydrogen-bond acceptors (Lipinski definition) is 2. The summed E-state index contributed by atoms with van der Waals surface area (Å²) < 4.78 is 19.9. The fourth-order valence-corrected chi connectivity index (χ4v) is 5.07. The molecule has 0 amide bonds. The van der Waals surface area contributed by atoms with Crippen LogP contribution >= 0.6 is 7.37 Å². The lowest BCUT2D eigenvalue weighted by molar-refractivity contribution is 0.501. The maximum atomic E-state index is 13.8. The van der Waals surface area contributed by atoms with Crippen LogP contribution in [0.1, 0.15) is 11.1 Å². The van der Waals surface area contributed by atoms with Crippen molar-refractivity contribution in [1.82, 2.24) is 0 Å². The molecule has 1 heterocycles. The maximum absolute atomic E-state index is 13.8. The van der Waals surface area contributed by atoms with Crippen molar-refractivity contribution < 1.29 is 9.09 Å². The molecule has 0 fully saturated rings. The minimum absolute atomic E-state index is 0.666. The summed E-state index contributed by atoms with van der Waals surface area (Å²) in [7, 11) is -3.17. The van der Waals surface area contributed by atoms with Gasteiger partial charge in [-0.3, -0.25) is 4.57 Å². The van der Waals surface area contributed by atoms with Crippen LogP contribution in [0.25, 0.3) is 11.4 Å². The first kappa shape index (κ1) is 14.0. The number of hydrogen-bond donors (Lipinski definition) is 0. The second-order valence-electron chi connectivity index (χ2n) is 5.41. The summed E-state index contributed by atoms with van der Waals surface area (Å²) in [4.78, 5) is 0. The van der Waals surface area contributed by atoms with Crippen molar-refractivity contribution in [2.24, 2.45) is 0 Å². The molecule has 0 saturated carbocycles. The van der Waals surface area contributed by atoms with Crippen molar-refractivity contribution in [3.8, 4) is 5.75 Å². The highest BCUT2D eigenvalue weighted by atomic mass is 31.2. The Morgan fingerprint density at radius 3 is 2.04 bits per heavy atom. The van der Waals surface area contributed by atoms with Crippen molar-refractivity contribution in [3.63, 3.8) is 0 Å². The molecule has 3 heteroatoms. The van der Waals surface area contributed by atoms with E-state index in [1.165, 1.54) is 0 Å². The Morgan fingerprint density at radius 1 is 0.696 bits per heavy atom. The van der Waals surface area contributed by atoms with E-state index in [0.29, 0.717) is 11.1 Å². The Morgan fingerprint density at radius 2 is 1.30 bits per heavy atom. The molecule has 0 saturated heterocycles. The highest BCUT2D eigenvalue weighted by Gasteiger charge is 2.36. The molecule has 0 spiro atoms. The molecule has 2 nitrogen and oxygen atoms in total. The summed E-state index contributed by atoms with van der Waals surface area (Å²) >= 11 is 0. The van der Waals surface area contributed by atoms with Gasteiger partial charge in [-0.25, -0.2) is 0 Å².